The van der Waals surface area contributed by atoms with E-state index in [1.54, 1.807) is 0 Å². The number of rotatable bonds is 4. The zero-order valence-corrected chi connectivity index (χ0v) is 12.5. The fraction of sp³-hybridized carbons (Fsp3) is 0.667. The van der Waals surface area contributed by atoms with Gasteiger partial charge in [0.05, 0.1) is 0 Å². The zero-order valence-electron chi connectivity index (χ0n) is 12.5. The molecule has 2 aliphatic rings. The molecule has 2 fully saturated rings. The Morgan fingerprint density at radius 1 is 0.818 bits per heavy atom. The molecule has 0 aliphatic heterocycles. The van der Waals surface area contributed by atoms with Crippen LogP contribution in [-0.4, -0.2) is 26.8 Å². The van der Waals surface area contributed by atoms with Gasteiger partial charge < -0.3 is 0 Å². The van der Waals surface area contributed by atoms with Gasteiger partial charge in [-0.1, -0.05) is 25.7 Å². The molecule has 7 heteroatoms. The predicted molar refractivity (Wildman–Crippen MR) is 81.0 cm³/mol. The number of aromatic nitrogens is 3. The van der Waals surface area contributed by atoms with E-state index in [1.807, 2.05) is 0 Å². The maximum atomic E-state index is 12.1. The highest BCUT2D eigenvalue weighted by Gasteiger charge is 2.25. The number of hydrogen-bond donors (Lipinski definition) is 2. The fourth-order valence-electron chi connectivity index (χ4n) is 3.22. The third kappa shape index (κ3) is 3.58. The Kier molecular flexibility index (Phi) is 4.60. The van der Waals surface area contributed by atoms with Crippen LogP contribution < -0.4 is 10.6 Å². The number of anilines is 2. The van der Waals surface area contributed by atoms with Gasteiger partial charge in [-0.3, -0.25) is 20.2 Å². The van der Waals surface area contributed by atoms with Crippen molar-refractivity contribution in [2.75, 3.05) is 10.6 Å². The molecule has 2 saturated carbocycles. The molecule has 2 aliphatic carbocycles. The van der Waals surface area contributed by atoms with Gasteiger partial charge in [-0.2, -0.15) is 4.98 Å². The van der Waals surface area contributed by atoms with E-state index in [9.17, 15) is 9.59 Å². The number of nitrogens with zero attached hydrogens (tertiary/aromatic N) is 3. The number of hydrogen-bond acceptors (Lipinski definition) is 5. The van der Waals surface area contributed by atoms with E-state index in [2.05, 4.69) is 25.6 Å². The Hall–Kier alpha value is -2.05. The standard InChI is InChI=1S/C15H21N5O2/c21-12(10-5-1-2-6-10)18-14-16-9-17-15(20-14)19-13(22)11-7-3-4-8-11/h9-11H,1-8H2,(H2,16,17,18,19,20,21,22). The first-order valence-corrected chi connectivity index (χ1v) is 8.03. The van der Waals surface area contributed by atoms with Crippen LogP contribution in [0.25, 0.3) is 0 Å². The van der Waals surface area contributed by atoms with E-state index in [1.165, 1.54) is 6.33 Å². The van der Waals surface area contributed by atoms with Gasteiger partial charge in [0.25, 0.3) is 0 Å². The summed E-state index contributed by atoms with van der Waals surface area (Å²) in [6.45, 7) is 0. The molecule has 1 aromatic rings. The second-order valence-electron chi connectivity index (χ2n) is 6.07. The van der Waals surface area contributed by atoms with Crippen LogP contribution in [0, 0.1) is 11.8 Å². The second-order valence-corrected chi connectivity index (χ2v) is 6.07. The summed E-state index contributed by atoms with van der Waals surface area (Å²) >= 11 is 0. The van der Waals surface area contributed by atoms with Gasteiger partial charge >= 0.3 is 0 Å². The van der Waals surface area contributed by atoms with Crippen molar-refractivity contribution >= 4 is 23.7 Å². The monoisotopic (exact) mass is 303 g/mol. The third-order valence-electron chi connectivity index (χ3n) is 4.49. The molecule has 0 radical (unpaired) electrons. The van der Waals surface area contributed by atoms with E-state index in [0.29, 0.717) is 0 Å². The third-order valence-corrected chi connectivity index (χ3v) is 4.49. The van der Waals surface area contributed by atoms with Gasteiger partial charge in [0.1, 0.15) is 6.33 Å². The van der Waals surface area contributed by atoms with Crippen molar-refractivity contribution in [3.05, 3.63) is 6.33 Å². The number of amides is 2. The second kappa shape index (κ2) is 6.81. The van der Waals surface area contributed by atoms with E-state index < -0.39 is 0 Å². The molecule has 3 rings (SSSR count). The SMILES string of the molecule is O=C(Nc1ncnc(NC(=O)C2CCCC2)n1)C1CCCC1. The summed E-state index contributed by atoms with van der Waals surface area (Å²) in [4.78, 5) is 36.1. The quantitative estimate of drug-likeness (QED) is 0.888. The van der Waals surface area contributed by atoms with Crippen molar-refractivity contribution in [1.82, 2.24) is 15.0 Å². The Bertz CT molecular complexity index is 505. The van der Waals surface area contributed by atoms with Gasteiger partial charge in [0.15, 0.2) is 0 Å². The number of carbonyl (C=O) groups excluding carboxylic acids is 2. The molecule has 0 atom stereocenters. The molecule has 22 heavy (non-hydrogen) atoms. The van der Waals surface area contributed by atoms with Crippen LogP contribution in [0.2, 0.25) is 0 Å². The molecule has 7 nitrogen and oxygen atoms in total. The lowest BCUT2D eigenvalue weighted by atomic mass is 10.1. The lowest BCUT2D eigenvalue weighted by molar-refractivity contribution is -0.120. The summed E-state index contributed by atoms with van der Waals surface area (Å²) in [5.41, 5.74) is 0. The Labute approximate surface area is 129 Å². The minimum Gasteiger partial charge on any atom is -0.294 e. The van der Waals surface area contributed by atoms with E-state index in [0.717, 1.165) is 51.4 Å². The summed E-state index contributed by atoms with van der Waals surface area (Å²) in [6, 6.07) is 0. The maximum Gasteiger partial charge on any atom is 0.234 e. The summed E-state index contributed by atoms with van der Waals surface area (Å²) in [5.74, 6) is 0.414. The van der Waals surface area contributed by atoms with Gasteiger partial charge in [-0.05, 0) is 25.7 Å². The zero-order chi connectivity index (χ0) is 15.4. The largest absolute Gasteiger partial charge is 0.294 e. The highest BCUT2D eigenvalue weighted by Crippen LogP contribution is 2.26. The molecule has 2 N–H and O–H groups in total. The van der Waals surface area contributed by atoms with Crippen LogP contribution in [0.15, 0.2) is 6.33 Å². The predicted octanol–water partition coefficient (Wildman–Crippen LogP) is 2.13. The summed E-state index contributed by atoms with van der Waals surface area (Å²) in [7, 11) is 0. The fourth-order valence-corrected chi connectivity index (χ4v) is 3.22. The molecule has 118 valence electrons. The number of carbonyl (C=O) groups is 2. The molecule has 0 unspecified atom stereocenters. The van der Waals surface area contributed by atoms with Crippen LogP contribution in [0.4, 0.5) is 11.9 Å². The van der Waals surface area contributed by atoms with Crippen LogP contribution in [0.5, 0.6) is 0 Å². The lowest BCUT2D eigenvalue weighted by Gasteiger charge is -2.11. The normalized spacial score (nSPS) is 19.3. The van der Waals surface area contributed by atoms with E-state index in [-0.39, 0.29) is 35.5 Å². The van der Waals surface area contributed by atoms with E-state index >= 15 is 0 Å². The molecule has 0 aromatic carbocycles. The topological polar surface area (TPSA) is 96.9 Å². The smallest absolute Gasteiger partial charge is 0.234 e. The Morgan fingerprint density at radius 2 is 1.23 bits per heavy atom. The minimum absolute atomic E-state index is 0.0447. The molecule has 1 heterocycles. The lowest BCUT2D eigenvalue weighted by Crippen LogP contribution is -2.24. The average molecular weight is 303 g/mol. The van der Waals surface area contributed by atoms with Crippen molar-refractivity contribution in [2.45, 2.75) is 51.4 Å². The van der Waals surface area contributed by atoms with Gasteiger partial charge in [-0.25, -0.2) is 9.97 Å². The molecule has 0 bridgehead atoms. The van der Waals surface area contributed by atoms with Gasteiger partial charge in [0, 0.05) is 11.8 Å². The molecule has 0 spiro atoms. The maximum absolute atomic E-state index is 12.1. The Balaban J connectivity index is 1.59. The molecular formula is C15H21N5O2. The van der Waals surface area contributed by atoms with Crippen molar-refractivity contribution in [3.63, 3.8) is 0 Å². The van der Waals surface area contributed by atoms with Crippen molar-refractivity contribution < 1.29 is 9.59 Å². The highest BCUT2D eigenvalue weighted by atomic mass is 16.2. The average Bonchev–Trinajstić information content (AvgIpc) is 3.21. The summed E-state index contributed by atoms with van der Waals surface area (Å²) in [6.07, 6.45) is 9.36. The van der Waals surface area contributed by atoms with Crippen LogP contribution in [-0.2, 0) is 9.59 Å². The highest BCUT2D eigenvalue weighted by molar-refractivity contribution is 5.92. The molecule has 0 saturated heterocycles. The van der Waals surface area contributed by atoms with Crippen molar-refractivity contribution in [2.24, 2.45) is 11.8 Å². The van der Waals surface area contributed by atoms with Crippen LogP contribution in [0.3, 0.4) is 0 Å². The molecule has 1 aromatic heterocycles. The first-order valence-electron chi connectivity index (χ1n) is 8.03. The summed E-state index contributed by atoms with van der Waals surface area (Å²) < 4.78 is 0. The number of nitrogens with one attached hydrogen (secondary N) is 2. The van der Waals surface area contributed by atoms with Crippen molar-refractivity contribution in [3.8, 4) is 0 Å². The molecule has 2 amide bonds. The van der Waals surface area contributed by atoms with E-state index in [4.69, 9.17) is 0 Å². The van der Waals surface area contributed by atoms with Gasteiger partial charge in [-0.15, -0.1) is 0 Å². The van der Waals surface area contributed by atoms with Crippen molar-refractivity contribution in [1.29, 1.82) is 0 Å². The molecular weight excluding hydrogens is 282 g/mol. The van der Waals surface area contributed by atoms with Crippen LogP contribution >= 0.6 is 0 Å². The van der Waals surface area contributed by atoms with Crippen LogP contribution in [0.1, 0.15) is 51.4 Å². The first kappa shape index (κ1) is 14.9. The first-order chi connectivity index (χ1) is 10.7. The Morgan fingerprint density at radius 3 is 1.64 bits per heavy atom. The van der Waals surface area contributed by atoms with Gasteiger partial charge in [0.2, 0.25) is 23.7 Å². The minimum atomic E-state index is -0.0447. The summed E-state index contributed by atoms with van der Waals surface area (Å²) in [5, 5.41) is 5.43.